The lowest BCUT2D eigenvalue weighted by molar-refractivity contribution is 1.09. The molecule has 0 saturated heterocycles. The average Bonchev–Trinajstić information content (AvgIpc) is 2.98. The van der Waals surface area contributed by atoms with Crippen LogP contribution in [-0.4, -0.2) is 26.2 Å². The maximum absolute atomic E-state index is 4.65. The fourth-order valence-corrected chi connectivity index (χ4v) is 2.78. The van der Waals surface area contributed by atoms with Crippen molar-refractivity contribution < 1.29 is 0 Å². The van der Waals surface area contributed by atoms with Crippen molar-refractivity contribution in [1.29, 1.82) is 0 Å². The van der Waals surface area contributed by atoms with E-state index in [0.29, 0.717) is 0 Å². The smallest absolute Gasteiger partial charge is 0.166 e. The van der Waals surface area contributed by atoms with Gasteiger partial charge in [-0.15, -0.1) is 0 Å². The number of hydrogen-bond acceptors (Lipinski definition) is 3. The van der Waals surface area contributed by atoms with Crippen LogP contribution in [0.15, 0.2) is 35.7 Å². The van der Waals surface area contributed by atoms with Crippen molar-refractivity contribution in [1.82, 2.24) is 19.9 Å². The first-order valence-electron chi connectivity index (χ1n) is 5.65. The van der Waals surface area contributed by atoms with Gasteiger partial charge in [-0.2, -0.15) is 0 Å². The number of nitrogens with one attached hydrogen (secondary N) is 2. The van der Waals surface area contributed by atoms with Gasteiger partial charge in [0, 0.05) is 22.5 Å². The number of hydrogen-bond donors (Lipinski definition) is 2. The van der Waals surface area contributed by atoms with Crippen molar-refractivity contribution in [2.24, 2.45) is 0 Å². The molecule has 0 fully saturated rings. The molecule has 0 aliphatic rings. The number of aromatic amines is 2. The van der Waals surface area contributed by atoms with Crippen molar-refractivity contribution in [3.05, 3.63) is 30.6 Å². The Bertz CT molecular complexity index is 874. The summed E-state index contributed by atoms with van der Waals surface area (Å²) in [5.74, 6) is 0. The SMILES string of the molecule is CSc1nc2c(ccc3[nH]c4cnccc4c32)[nH]1. The molecule has 88 valence electrons. The minimum Gasteiger partial charge on any atom is -0.353 e. The van der Waals surface area contributed by atoms with Crippen LogP contribution in [0.5, 0.6) is 0 Å². The number of H-pyrrole nitrogens is 2. The lowest BCUT2D eigenvalue weighted by Gasteiger charge is -1.92. The number of pyridine rings is 1. The highest BCUT2D eigenvalue weighted by atomic mass is 32.2. The molecule has 4 nitrogen and oxygen atoms in total. The summed E-state index contributed by atoms with van der Waals surface area (Å²) in [4.78, 5) is 15.5. The molecule has 1 aromatic carbocycles. The Morgan fingerprint density at radius 1 is 1.06 bits per heavy atom. The molecule has 0 aliphatic carbocycles. The molecule has 0 saturated carbocycles. The van der Waals surface area contributed by atoms with E-state index in [-0.39, 0.29) is 0 Å². The summed E-state index contributed by atoms with van der Waals surface area (Å²) in [5, 5.41) is 3.28. The van der Waals surface area contributed by atoms with Gasteiger partial charge in [-0.05, 0) is 24.5 Å². The molecule has 2 N–H and O–H groups in total. The average molecular weight is 254 g/mol. The Balaban J connectivity index is 2.28. The predicted molar refractivity (Wildman–Crippen MR) is 75.0 cm³/mol. The Kier molecular flexibility index (Phi) is 1.93. The van der Waals surface area contributed by atoms with Crippen LogP contribution in [-0.2, 0) is 0 Å². The van der Waals surface area contributed by atoms with Gasteiger partial charge in [0.15, 0.2) is 5.16 Å². The van der Waals surface area contributed by atoms with Crippen LogP contribution in [0.3, 0.4) is 0 Å². The molecular formula is C13H10N4S. The van der Waals surface area contributed by atoms with E-state index < -0.39 is 0 Å². The summed E-state index contributed by atoms with van der Waals surface area (Å²) in [6.45, 7) is 0. The topological polar surface area (TPSA) is 57.4 Å². The third-order valence-corrected chi connectivity index (χ3v) is 3.77. The van der Waals surface area contributed by atoms with Crippen LogP contribution in [0.1, 0.15) is 0 Å². The van der Waals surface area contributed by atoms with Gasteiger partial charge in [0.1, 0.15) is 0 Å². The molecule has 0 radical (unpaired) electrons. The normalized spacial score (nSPS) is 11.8. The fraction of sp³-hybridized carbons (Fsp3) is 0.0769. The number of fused-ring (bicyclic) bond motifs is 5. The minimum absolute atomic E-state index is 0.945. The summed E-state index contributed by atoms with van der Waals surface area (Å²) in [5.41, 5.74) is 4.25. The van der Waals surface area contributed by atoms with Crippen molar-refractivity contribution in [2.45, 2.75) is 5.16 Å². The molecular weight excluding hydrogens is 244 g/mol. The van der Waals surface area contributed by atoms with Crippen LogP contribution in [0.4, 0.5) is 0 Å². The second kappa shape index (κ2) is 3.49. The number of aromatic nitrogens is 4. The largest absolute Gasteiger partial charge is 0.353 e. The molecule has 0 atom stereocenters. The standard InChI is InChI=1S/C13H10N4S/c1-18-13-16-9-3-2-8-11(12(9)17-13)7-4-5-14-6-10(7)15-8/h2-6,15H,1H3,(H,16,17). The van der Waals surface area contributed by atoms with Crippen LogP contribution in [0.2, 0.25) is 0 Å². The van der Waals surface area contributed by atoms with Crippen LogP contribution in [0, 0.1) is 0 Å². The Labute approximate surface area is 107 Å². The minimum atomic E-state index is 0.945. The molecule has 4 rings (SSSR count). The monoisotopic (exact) mass is 254 g/mol. The molecule has 0 aliphatic heterocycles. The van der Waals surface area contributed by atoms with E-state index >= 15 is 0 Å². The first-order valence-corrected chi connectivity index (χ1v) is 6.87. The van der Waals surface area contributed by atoms with Gasteiger partial charge in [0.25, 0.3) is 0 Å². The number of thioether (sulfide) groups is 1. The van der Waals surface area contributed by atoms with E-state index in [4.69, 9.17) is 0 Å². The Morgan fingerprint density at radius 2 is 1.94 bits per heavy atom. The highest BCUT2D eigenvalue weighted by Gasteiger charge is 2.11. The zero-order chi connectivity index (χ0) is 12.1. The van der Waals surface area contributed by atoms with Crippen LogP contribution < -0.4 is 0 Å². The summed E-state index contributed by atoms with van der Waals surface area (Å²) >= 11 is 1.62. The zero-order valence-corrected chi connectivity index (χ0v) is 10.5. The summed E-state index contributed by atoms with van der Waals surface area (Å²) in [7, 11) is 0. The number of nitrogens with zero attached hydrogens (tertiary/aromatic N) is 2. The van der Waals surface area contributed by atoms with Gasteiger partial charge in [-0.3, -0.25) is 4.98 Å². The Morgan fingerprint density at radius 3 is 2.83 bits per heavy atom. The Hall–Kier alpha value is -2.01. The summed E-state index contributed by atoms with van der Waals surface area (Å²) in [6.07, 6.45) is 5.69. The quantitative estimate of drug-likeness (QED) is 0.512. The lowest BCUT2D eigenvalue weighted by atomic mass is 10.1. The molecule has 0 amide bonds. The highest BCUT2D eigenvalue weighted by Crippen LogP contribution is 2.31. The van der Waals surface area contributed by atoms with Gasteiger partial charge in [-0.1, -0.05) is 11.8 Å². The maximum atomic E-state index is 4.65. The van der Waals surface area contributed by atoms with Gasteiger partial charge in [0.2, 0.25) is 0 Å². The maximum Gasteiger partial charge on any atom is 0.166 e. The van der Waals surface area contributed by atoms with E-state index in [1.54, 1.807) is 11.8 Å². The van der Waals surface area contributed by atoms with Crippen molar-refractivity contribution in [3.8, 4) is 0 Å². The van der Waals surface area contributed by atoms with E-state index in [9.17, 15) is 0 Å². The molecule has 18 heavy (non-hydrogen) atoms. The third-order valence-electron chi connectivity index (χ3n) is 3.19. The predicted octanol–water partition coefficient (Wildman–Crippen LogP) is 3.31. The van der Waals surface area contributed by atoms with Gasteiger partial charge in [-0.25, -0.2) is 4.98 Å². The second-order valence-electron chi connectivity index (χ2n) is 4.18. The number of imidazole rings is 1. The fourth-order valence-electron chi connectivity index (χ4n) is 2.38. The van der Waals surface area contributed by atoms with E-state index in [1.807, 2.05) is 24.7 Å². The van der Waals surface area contributed by atoms with E-state index in [1.165, 1.54) is 10.8 Å². The third kappa shape index (κ3) is 1.22. The molecule has 5 heteroatoms. The molecule has 3 heterocycles. The zero-order valence-electron chi connectivity index (χ0n) is 9.69. The van der Waals surface area contributed by atoms with Crippen molar-refractivity contribution in [3.63, 3.8) is 0 Å². The summed E-state index contributed by atoms with van der Waals surface area (Å²) in [6, 6.07) is 6.17. The number of rotatable bonds is 1. The second-order valence-corrected chi connectivity index (χ2v) is 4.97. The molecule has 0 unspecified atom stereocenters. The molecule has 4 aromatic rings. The first kappa shape index (κ1) is 9.96. The molecule has 3 aromatic heterocycles. The van der Waals surface area contributed by atoms with Gasteiger partial charge < -0.3 is 9.97 Å². The van der Waals surface area contributed by atoms with E-state index in [0.717, 1.165) is 27.2 Å². The van der Waals surface area contributed by atoms with Crippen LogP contribution >= 0.6 is 11.8 Å². The van der Waals surface area contributed by atoms with E-state index in [2.05, 4.69) is 32.1 Å². The van der Waals surface area contributed by atoms with Crippen molar-refractivity contribution >= 4 is 44.6 Å². The summed E-state index contributed by atoms with van der Waals surface area (Å²) < 4.78 is 0. The van der Waals surface area contributed by atoms with Crippen LogP contribution in [0.25, 0.3) is 32.8 Å². The lowest BCUT2D eigenvalue weighted by Crippen LogP contribution is -1.72. The van der Waals surface area contributed by atoms with Gasteiger partial charge in [0.05, 0.1) is 22.7 Å². The number of benzene rings is 1. The first-order chi connectivity index (χ1) is 8.86. The van der Waals surface area contributed by atoms with Gasteiger partial charge >= 0.3 is 0 Å². The van der Waals surface area contributed by atoms with Crippen molar-refractivity contribution in [2.75, 3.05) is 6.26 Å². The molecule has 0 spiro atoms. The molecule has 0 bridgehead atoms. The highest BCUT2D eigenvalue weighted by molar-refractivity contribution is 7.98.